The summed E-state index contributed by atoms with van der Waals surface area (Å²) in [5.74, 6) is -0.0757. The summed E-state index contributed by atoms with van der Waals surface area (Å²) < 4.78 is 3.21. The van der Waals surface area contributed by atoms with Crippen molar-refractivity contribution in [3.8, 4) is 0 Å². The third-order valence-electron chi connectivity index (χ3n) is 5.16. The Hall–Kier alpha value is -3.19. The van der Waals surface area contributed by atoms with E-state index in [4.69, 9.17) is 0 Å². The van der Waals surface area contributed by atoms with Crippen LogP contribution in [0.25, 0.3) is 6.08 Å². The molecule has 1 aromatic heterocycles. The average Bonchev–Trinajstić information content (AvgIpc) is 3.23. The molecule has 0 spiro atoms. The number of rotatable bonds is 10. The molecule has 0 aliphatic rings. The maximum atomic E-state index is 12.9. The molecule has 6 nitrogen and oxygen atoms in total. The first-order valence-electron chi connectivity index (χ1n) is 10.6. The molecule has 2 aromatic carbocycles. The zero-order chi connectivity index (χ0) is 22.9. The number of benzene rings is 2. The van der Waals surface area contributed by atoms with Crippen LogP contribution in [0.3, 0.4) is 0 Å². The first-order valence-corrected chi connectivity index (χ1v) is 11.4. The van der Waals surface area contributed by atoms with Crippen molar-refractivity contribution in [3.63, 3.8) is 0 Å². The number of unbranched alkanes of at least 4 members (excludes halogenated alkanes) is 1. The van der Waals surface area contributed by atoms with Gasteiger partial charge in [-0.25, -0.2) is 0 Å². The lowest BCUT2D eigenvalue weighted by atomic mass is 10.2. The summed E-state index contributed by atoms with van der Waals surface area (Å²) in [5, 5.41) is 10.8. The van der Waals surface area contributed by atoms with Crippen LogP contribution in [-0.2, 0) is 17.9 Å². The minimum atomic E-state index is -0.436. The summed E-state index contributed by atoms with van der Waals surface area (Å²) in [6.07, 6.45) is 7.19. The van der Waals surface area contributed by atoms with Gasteiger partial charge in [-0.05, 0) is 60.0 Å². The summed E-state index contributed by atoms with van der Waals surface area (Å²) in [4.78, 5) is 25.2. The molecule has 0 unspecified atom stereocenters. The van der Waals surface area contributed by atoms with E-state index in [0.29, 0.717) is 13.1 Å². The molecule has 0 aliphatic carbocycles. The van der Waals surface area contributed by atoms with E-state index in [-0.39, 0.29) is 11.6 Å². The van der Waals surface area contributed by atoms with Crippen LogP contribution in [-0.4, -0.2) is 26.8 Å². The SMILES string of the molecule is CCCCN(Cc1cccn1Cc1ccc(Br)cc1)C(=O)/C=C/c1ccc([N+](=O)[O-])cc1. The molecule has 166 valence electrons. The molecule has 7 heteroatoms. The van der Waals surface area contributed by atoms with Crippen molar-refractivity contribution in [2.45, 2.75) is 32.9 Å². The Labute approximate surface area is 196 Å². The molecule has 32 heavy (non-hydrogen) atoms. The monoisotopic (exact) mass is 495 g/mol. The second kappa shape index (κ2) is 11.4. The molecule has 0 aliphatic heterocycles. The quantitative estimate of drug-likeness (QED) is 0.195. The third kappa shape index (κ3) is 6.65. The maximum absolute atomic E-state index is 12.9. The first-order chi connectivity index (χ1) is 15.5. The summed E-state index contributed by atoms with van der Waals surface area (Å²) in [6.45, 7) is 4.03. The standard InChI is InChI=1S/C25H26BrN3O3/c1-2-3-16-28(25(30)15-10-20-8-13-23(14-9-20)29(31)32)19-24-5-4-17-27(24)18-21-6-11-22(26)12-7-21/h4-15,17H,2-3,16,18-19H2,1H3/b15-10+. The van der Waals surface area contributed by atoms with Gasteiger partial charge in [0.1, 0.15) is 0 Å². The summed E-state index contributed by atoms with van der Waals surface area (Å²) in [6, 6.07) is 18.4. The van der Waals surface area contributed by atoms with Gasteiger partial charge in [0.2, 0.25) is 5.91 Å². The molecule has 0 N–H and O–H groups in total. The average molecular weight is 496 g/mol. The van der Waals surface area contributed by atoms with Crippen molar-refractivity contribution in [1.82, 2.24) is 9.47 Å². The van der Waals surface area contributed by atoms with Crippen molar-refractivity contribution in [1.29, 1.82) is 0 Å². The largest absolute Gasteiger partial charge is 0.345 e. The van der Waals surface area contributed by atoms with Crippen LogP contribution in [0, 0.1) is 10.1 Å². The Morgan fingerprint density at radius 1 is 1.12 bits per heavy atom. The molecule has 3 aromatic rings. The van der Waals surface area contributed by atoms with Crippen molar-refractivity contribution in [2.75, 3.05) is 6.54 Å². The highest BCUT2D eigenvalue weighted by Gasteiger charge is 2.13. The van der Waals surface area contributed by atoms with E-state index in [1.807, 2.05) is 35.4 Å². The number of nitrogens with zero attached hydrogens (tertiary/aromatic N) is 3. The highest BCUT2D eigenvalue weighted by atomic mass is 79.9. The lowest BCUT2D eigenvalue weighted by molar-refractivity contribution is -0.384. The van der Waals surface area contributed by atoms with Crippen molar-refractivity contribution in [2.24, 2.45) is 0 Å². The second-order valence-corrected chi connectivity index (χ2v) is 8.46. The Kier molecular flexibility index (Phi) is 8.39. The zero-order valence-corrected chi connectivity index (χ0v) is 19.6. The van der Waals surface area contributed by atoms with Gasteiger partial charge < -0.3 is 9.47 Å². The van der Waals surface area contributed by atoms with E-state index in [1.165, 1.54) is 17.7 Å². The molecule has 0 bridgehead atoms. The van der Waals surface area contributed by atoms with Gasteiger partial charge in [0.05, 0.1) is 11.5 Å². The fraction of sp³-hybridized carbons (Fsp3) is 0.240. The van der Waals surface area contributed by atoms with Crippen LogP contribution < -0.4 is 0 Å². The summed E-state index contributed by atoms with van der Waals surface area (Å²) in [7, 11) is 0. The normalized spacial score (nSPS) is 11.1. The van der Waals surface area contributed by atoms with E-state index in [9.17, 15) is 14.9 Å². The molecule has 0 atom stereocenters. The fourth-order valence-corrected chi connectivity index (χ4v) is 3.59. The number of hydrogen-bond acceptors (Lipinski definition) is 3. The van der Waals surface area contributed by atoms with Crippen LogP contribution in [0.15, 0.2) is 77.4 Å². The molecule has 1 amide bonds. The highest BCUT2D eigenvalue weighted by molar-refractivity contribution is 9.10. The third-order valence-corrected chi connectivity index (χ3v) is 5.69. The molecule has 0 saturated heterocycles. The Morgan fingerprint density at radius 3 is 2.50 bits per heavy atom. The van der Waals surface area contributed by atoms with E-state index in [0.717, 1.165) is 35.1 Å². The molecular formula is C25H26BrN3O3. The highest BCUT2D eigenvalue weighted by Crippen LogP contribution is 2.16. The van der Waals surface area contributed by atoms with Gasteiger partial charge in [0, 0.05) is 47.7 Å². The topological polar surface area (TPSA) is 68.4 Å². The van der Waals surface area contributed by atoms with Gasteiger partial charge in [-0.2, -0.15) is 0 Å². The number of aromatic nitrogens is 1. The van der Waals surface area contributed by atoms with Gasteiger partial charge in [-0.1, -0.05) is 41.4 Å². The second-order valence-electron chi connectivity index (χ2n) is 7.55. The first kappa shape index (κ1) is 23.5. The molecule has 0 fully saturated rings. The Bertz CT molecular complexity index is 1070. The number of halogens is 1. The van der Waals surface area contributed by atoms with Crippen LogP contribution in [0.4, 0.5) is 5.69 Å². The number of nitro groups is 1. The van der Waals surface area contributed by atoms with E-state index in [1.54, 1.807) is 24.3 Å². The molecule has 1 heterocycles. The van der Waals surface area contributed by atoms with Gasteiger partial charge in [0.25, 0.3) is 5.69 Å². The summed E-state index contributed by atoms with van der Waals surface area (Å²) >= 11 is 3.46. The molecule has 0 radical (unpaired) electrons. The van der Waals surface area contributed by atoms with Crippen molar-refractivity contribution >= 4 is 33.6 Å². The van der Waals surface area contributed by atoms with E-state index < -0.39 is 4.92 Å². The van der Waals surface area contributed by atoms with Gasteiger partial charge in [-0.15, -0.1) is 0 Å². The zero-order valence-electron chi connectivity index (χ0n) is 18.0. The Morgan fingerprint density at radius 2 is 1.84 bits per heavy atom. The van der Waals surface area contributed by atoms with Crippen molar-refractivity contribution < 1.29 is 9.72 Å². The number of nitro benzene ring substituents is 1. The van der Waals surface area contributed by atoms with E-state index >= 15 is 0 Å². The van der Waals surface area contributed by atoms with Gasteiger partial charge in [-0.3, -0.25) is 14.9 Å². The van der Waals surface area contributed by atoms with Crippen molar-refractivity contribution in [3.05, 3.63) is 104 Å². The number of amides is 1. The molecule has 0 saturated carbocycles. The molecular weight excluding hydrogens is 470 g/mol. The fourth-order valence-electron chi connectivity index (χ4n) is 3.33. The number of non-ortho nitro benzene ring substituents is 1. The van der Waals surface area contributed by atoms with Gasteiger partial charge >= 0.3 is 0 Å². The smallest absolute Gasteiger partial charge is 0.269 e. The number of hydrogen-bond donors (Lipinski definition) is 0. The predicted molar refractivity (Wildman–Crippen MR) is 130 cm³/mol. The number of carbonyl (C=O) groups is 1. The van der Waals surface area contributed by atoms with Crippen LogP contribution in [0.2, 0.25) is 0 Å². The molecule has 3 rings (SSSR count). The lowest BCUT2D eigenvalue weighted by Gasteiger charge is -2.22. The summed E-state index contributed by atoms with van der Waals surface area (Å²) in [5.41, 5.74) is 3.04. The Balaban J connectivity index is 1.71. The van der Waals surface area contributed by atoms with Gasteiger partial charge in [0.15, 0.2) is 0 Å². The predicted octanol–water partition coefficient (Wildman–Crippen LogP) is 6.05. The van der Waals surface area contributed by atoms with Crippen LogP contribution in [0.5, 0.6) is 0 Å². The maximum Gasteiger partial charge on any atom is 0.269 e. The minimum Gasteiger partial charge on any atom is -0.345 e. The van der Waals surface area contributed by atoms with Crippen LogP contribution >= 0.6 is 15.9 Å². The number of carbonyl (C=O) groups excluding carboxylic acids is 1. The van der Waals surface area contributed by atoms with Crippen LogP contribution in [0.1, 0.15) is 36.6 Å². The van der Waals surface area contributed by atoms with E-state index in [2.05, 4.69) is 39.6 Å². The lowest BCUT2D eigenvalue weighted by Crippen LogP contribution is -2.31. The minimum absolute atomic E-state index is 0.0320.